The Bertz CT molecular complexity index is 193. The van der Waals surface area contributed by atoms with Gasteiger partial charge < -0.3 is 10.1 Å². The van der Waals surface area contributed by atoms with E-state index in [1.807, 2.05) is 0 Å². The molecule has 0 saturated carbocycles. The second-order valence-corrected chi connectivity index (χ2v) is 5.35. The van der Waals surface area contributed by atoms with Gasteiger partial charge in [-0.1, -0.05) is 22.6 Å². The third-order valence-corrected chi connectivity index (χ3v) is 3.61. The minimum Gasteiger partial charge on any atom is -0.378 e. The summed E-state index contributed by atoms with van der Waals surface area (Å²) in [5, 5.41) is 2.96. The summed E-state index contributed by atoms with van der Waals surface area (Å²) in [6.45, 7) is 1.70. The van der Waals surface area contributed by atoms with Gasteiger partial charge in [0, 0.05) is 19.6 Å². The van der Waals surface area contributed by atoms with Crippen LogP contribution in [0.5, 0.6) is 0 Å². The van der Waals surface area contributed by atoms with Crippen molar-refractivity contribution in [3.05, 3.63) is 0 Å². The number of ether oxygens (including phenoxy) is 1. The highest BCUT2D eigenvalue weighted by Gasteiger charge is 2.14. The maximum Gasteiger partial charge on any atom is 0.220 e. The number of hydrogen-bond acceptors (Lipinski definition) is 2. The fourth-order valence-corrected chi connectivity index (χ4v) is 2.40. The van der Waals surface area contributed by atoms with E-state index < -0.39 is 0 Å². The van der Waals surface area contributed by atoms with E-state index >= 15 is 0 Å². The van der Waals surface area contributed by atoms with Gasteiger partial charge in [-0.05, 0) is 43.0 Å². The first-order valence-electron chi connectivity index (χ1n) is 6.27. The van der Waals surface area contributed by atoms with Gasteiger partial charge in [-0.25, -0.2) is 0 Å². The first-order chi connectivity index (χ1) is 7.83. The predicted molar refractivity (Wildman–Crippen MR) is 74.0 cm³/mol. The number of carbonyl (C=O) groups excluding carboxylic acids is 1. The zero-order valence-electron chi connectivity index (χ0n) is 9.84. The van der Waals surface area contributed by atoms with Crippen LogP contribution < -0.4 is 5.32 Å². The quantitative estimate of drug-likeness (QED) is 0.440. The van der Waals surface area contributed by atoms with Gasteiger partial charge in [0.1, 0.15) is 0 Å². The molecule has 94 valence electrons. The molecule has 1 aliphatic heterocycles. The number of alkyl halides is 1. The zero-order valence-corrected chi connectivity index (χ0v) is 12.0. The van der Waals surface area contributed by atoms with Crippen LogP contribution in [0.25, 0.3) is 0 Å². The summed E-state index contributed by atoms with van der Waals surface area (Å²) in [5.41, 5.74) is 0. The second kappa shape index (κ2) is 9.22. The molecule has 3 nitrogen and oxygen atoms in total. The Morgan fingerprint density at radius 3 is 2.94 bits per heavy atom. The van der Waals surface area contributed by atoms with Crippen molar-refractivity contribution in [2.75, 3.05) is 17.6 Å². The highest BCUT2D eigenvalue weighted by molar-refractivity contribution is 14.1. The van der Waals surface area contributed by atoms with Gasteiger partial charge in [0.2, 0.25) is 5.91 Å². The van der Waals surface area contributed by atoms with Crippen molar-refractivity contribution in [1.82, 2.24) is 5.32 Å². The van der Waals surface area contributed by atoms with Crippen LogP contribution in [0.2, 0.25) is 0 Å². The van der Waals surface area contributed by atoms with Crippen molar-refractivity contribution in [1.29, 1.82) is 0 Å². The molecule has 0 bridgehead atoms. The van der Waals surface area contributed by atoms with Crippen LogP contribution in [0.3, 0.4) is 0 Å². The van der Waals surface area contributed by atoms with Crippen molar-refractivity contribution < 1.29 is 9.53 Å². The number of unbranched alkanes of at least 4 members (excludes halogenated alkanes) is 1. The van der Waals surface area contributed by atoms with Gasteiger partial charge >= 0.3 is 0 Å². The number of rotatable bonds is 7. The zero-order chi connectivity index (χ0) is 11.6. The highest BCUT2D eigenvalue weighted by Crippen LogP contribution is 2.16. The lowest BCUT2D eigenvalue weighted by Gasteiger charge is -2.22. The molecule has 1 heterocycles. The Balaban J connectivity index is 1.96. The van der Waals surface area contributed by atoms with Crippen LogP contribution >= 0.6 is 22.6 Å². The van der Waals surface area contributed by atoms with E-state index in [9.17, 15) is 4.79 Å². The van der Waals surface area contributed by atoms with Crippen LogP contribution in [0.15, 0.2) is 0 Å². The largest absolute Gasteiger partial charge is 0.378 e. The molecule has 4 heteroatoms. The average Bonchev–Trinajstić information content (AvgIpc) is 2.33. The van der Waals surface area contributed by atoms with Gasteiger partial charge in [0.05, 0.1) is 6.10 Å². The number of amides is 1. The monoisotopic (exact) mass is 339 g/mol. The third kappa shape index (κ3) is 6.68. The fraction of sp³-hybridized carbons (Fsp3) is 0.917. The van der Waals surface area contributed by atoms with E-state index in [4.69, 9.17) is 4.74 Å². The lowest BCUT2D eigenvalue weighted by molar-refractivity contribution is -0.122. The van der Waals surface area contributed by atoms with Gasteiger partial charge in [-0.2, -0.15) is 0 Å². The molecule has 0 aromatic carbocycles. The summed E-state index contributed by atoms with van der Waals surface area (Å²) in [4.78, 5) is 11.5. The Hall–Kier alpha value is 0.160. The van der Waals surface area contributed by atoms with Crippen molar-refractivity contribution in [3.8, 4) is 0 Å². The normalized spacial score (nSPS) is 20.7. The van der Waals surface area contributed by atoms with Crippen LogP contribution in [0.1, 0.15) is 44.9 Å². The molecule has 16 heavy (non-hydrogen) atoms. The number of hydrogen-bond donors (Lipinski definition) is 1. The molecule has 1 rings (SSSR count). The minimum absolute atomic E-state index is 0.183. The van der Waals surface area contributed by atoms with E-state index in [-0.39, 0.29) is 5.91 Å². The van der Waals surface area contributed by atoms with Crippen molar-refractivity contribution in [2.24, 2.45) is 0 Å². The summed E-state index contributed by atoms with van der Waals surface area (Å²) in [6.07, 6.45) is 7.67. The minimum atomic E-state index is 0.183. The SMILES string of the molecule is O=C(CCC1CCCCO1)NCCCCI. The average molecular weight is 339 g/mol. The van der Waals surface area contributed by atoms with Crippen LogP contribution in [-0.2, 0) is 9.53 Å². The standard InChI is InChI=1S/C12H22INO2/c13-8-2-3-9-14-12(15)7-6-11-5-1-4-10-16-11/h11H,1-10H2,(H,14,15). The maximum atomic E-state index is 11.5. The molecule has 1 N–H and O–H groups in total. The maximum absolute atomic E-state index is 11.5. The molecular weight excluding hydrogens is 317 g/mol. The Morgan fingerprint density at radius 2 is 2.25 bits per heavy atom. The van der Waals surface area contributed by atoms with E-state index in [2.05, 4.69) is 27.9 Å². The van der Waals surface area contributed by atoms with Crippen LogP contribution in [-0.4, -0.2) is 29.6 Å². The Morgan fingerprint density at radius 1 is 1.38 bits per heavy atom. The second-order valence-electron chi connectivity index (χ2n) is 4.27. The molecule has 1 unspecified atom stereocenters. The lowest BCUT2D eigenvalue weighted by Crippen LogP contribution is -2.27. The molecule has 1 saturated heterocycles. The predicted octanol–water partition coefficient (Wildman–Crippen LogP) is 2.67. The topological polar surface area (TPSA) is 38.3 Å². The summed E-state index contributed by atoms with van der Waals surface area (Å²) in [7, 11) is 0. The molecule has 1 amide bonds. The smallest absolute Gasteiger partial charge is 0.220 e. The summed E-state index contributed by atoms with van der Waals surface area (Å²) in [5.74, 6) is 0.183. The van der Waals surface area contributed by atoms with Gasteiger partial charge in [-0.15, -0.1) is 0 Å². The number of carbonyl (C=O) groups is 1. The lowest BCUT2D eigenvalue weighted by atomic mass is 10.0. The number of nitrogens with one attached hydrogen (secondary N) is 1. The van der Waals surface area contributed by atoms with Crippen molar-refractivity contribution in [3.63, 3.8) is 0 Å². The molecule has 1 fully saturated rings. The summed E-state index contributed by atoms with van der Waals surface area (Å²) < 4.78 is 6.76. The number of halogens is 1. The van der Waals surface area contributed by atoms with Gasteiger partial charge in [0.15, 0.2) is 0 Å². The third-order valence-electron chi connectivity index (χ3n) is 2.85. The molecular formula is C12H22INO2. The highest BCUT2D eigenvalue weighted by atomic mass is 127. The fourth-order valence-electron chi connectivity index (χ4n) is 1.86. The molecule has 0 aromatic rings. The molecule has 0 radical (unpaired) electrons. The Labute approximate surface area is 112 Å². The molecule has 0 aromatic heterocycles. The van der Waals surface area contributed by atoms with E-state index in [1.54, 1.807) is 0 Å². The van der Waals surface area contributed by atoms with Gasteiger partial charge in [-0.3, -0.25) is 4.79 Å². The Kier molecular flexibility index (Phi) is 8.19. The van der Waals surface area contributed by atoms with Crippen LogP contribution in [0, 0.1) is 0 Å². The van der Waals surface area contributed by atoms with E-state index in [0.717, 1.165) is 32.4 Å². The molecule has 0 spiro atoms. The first kappa shape index (κ1) is 14.2. The van der Waals surface area contributed by atoms with E-state index in [0.29, 0.717) is 12.5 Å². The van der Waals surface area contributed by atoms with Crippen molar-refractivity contribution >= 4 is 28.5 Å². The van der Waals surface area contributed by atoms with Gasteiger partial charge in [0.25, 0.3) is 0 Å². The molecule has 1 aliphatic rings. The molecule has 0 aliphatic carbocycles. The first-order valence-corrected chi connectivity index (χ1v) is 7.79. The van der Waals surface area contributed by atoms with Crippen LogP contribution in [0.4, 0.5) is 0 Å². The van der Waals surface area contributed by atoms with Crippen molar-refractivity contribution in [2.45, 2.75) is 51.0 Å². The summed E-state index contributed by atoms with van der Waals surface area (Å²) >= 11 is 2.36. The molecule has 1 atom stereocenters. The van der Waals surface area contributed by atoms with E-state index in [1.165, 1.54) is 23.7 Å². The summed E-state index contributed by atoms with van der Waals surface area (Å²) in [6, 6.07) is 0.